The summed E-state index contributed by atoms with van der Waals surface area (Å²) in [7, 11) is 1.82. The molecule has 2 fully saturated rings. The number of rotatable bonds is 7. The number of amides is 1. The number of carbonyl (C=O) groups is 1. The van der Waals surface area contributed by atoms with Crippen molar-refractivity contribution in [2.45, 2.75) is 44.3 Å². The Hall–Kier alpha value is -1.59. The van der Waals surface area contributed by atoms with E-state index < -0.39 is 0 Å². The third-order valence-corrected chi connectivity index (χ3v) is 6.14. The second kappa shape index (κ2) is 12.6. The lowest BCUT2D eigenvalue weighted by Crippen LogP contribution is -2.48. The summed E-state index contributed by atoms with van der Waals surface area (Å²) in [5.41, 5.74) is 0.855. The predicted molar refractivity (Wildman–Crippen MR) is 135 cm³/mol. The lowest BCUT2D eigenvalue weighted by Gasteiger charge is -2.34. The number of guanidine groups is 1. The van der Waals surface area contributed by atoms with Crippen molar-refractivity contribution < 1.29 is 19.0 Å². The molecule has 1 aromatic rings. The van der Waals surface area contributed by atoms with Crippen LogP contribution in [0.5, 0.6) is 5.75 Å². The van der Waals surface area contributed by atoms with Gasteiger partial charge in [-0.2, -0.15) is 0 Å². The molecule has 3 heterocycles. The van der Waals surface area contributed by atoms with Crippen LogP contribution in [0.1, 0.15) is 32.1 Å². The minimum atomic E-state index is 0. The lowest BCUT2D eigenvalue weighted by molar-refractivity contribution is -0.121. The van der Waals surface area contributed by atoms with Crippen LogP contribution in [0.4, 0.5) is 5.69 Å². The number of fused-ring (bicyclic) bond motifs is 1. The molecule has 3 aliphatic rings. The molecule has 4 rings (SSSR count). The van der Waals surface area contributed by atoms with Gasteiger partial charge in [-0.15, -0.1) is 24.0 Å². The molecule has 32 heavy (non-hydrogen) atoms. The van der Waals surface area contributed by atoms with Crippen LogP contribution in [0.15, 0.2) is 29.3 Å². The van der Waals surface area contributed by atoms with Crippen LogP contribution >= 0.6 is 24.0 Å². The first kappa shape index (κ1) is 25.0. The molecular weight excluding hydrogens is 523 g/mol. The second-order valence-corrected chi connectivity index (χ2v) is 8.28. The van der Waals surface area contributed by atoms with Crippen LogP contribution in [-0.4, -0.2) is 82.0 Å². The van der Waals surface area contributed by atoms with Crippen molar-refractivity contribution in [3.63, 3.8) is 0 Å². The molecule has 0 radical (unpaired) electrons. The van der Waals surface area contributed by atoms with E-state index in [1.165, 1.54) is 0 Å². The minimum Gasteiger partial charge on any atom is -0.482 e. The van der Waals surface area contributed by atoms with Gasteiger partial charge in [-0.3, -0.25) is 9.79 Å². The number of para-hydroxylation sites is 2. The van der Waals surface area contributed by atoms with Gasteiger partial charge in [0.1, 0.15) is 5.75 Å². The molecule has 8 nitrogen and oxygen atoms in total. The Morgan fingerprint density at radius 3 is 2.81 bits per heavy atom. The number of nitrogens with zero attached hydrogens (tertiary/aromatic N) is 3. The van der Waals surface area contributed by atoms with E-state index in [1.807, 2.05) is 36.2 Å². The van der Waals surface area contributed by atoms with Crippen molar-refractivity contribution in [1.82, 2.24) is 10.2 Å². The fourth-order valence-electron chi connectivity index (χ4n) is 4.42. The van der Waals surface area contributed by atoms with Crippen molar-refractivity contribution in [3.05, 3.63) is 24.3 Å². The smallest absolute Gasteiger partial charge is 0.265 e. The van der Waals surface area contributed by atoms with Gasteiger partial charge in [0, 0.05) is 39.8 Å². The molecule has 2 saturated heterocycles. The summed E-state index contributed by atoms with van der Waals surface area (Å²) < 4.78 is 17.2. The number of halogens is 1. The molecule has 178 valence electrons. The quantitative estimate of drug-likeness (QED) is 0.240. The highest BCUT2D eigenvalue weighted by molar-refractivity contribution is 14.0. The minimum absolute atomic E-state index is 0. The molecule has 1 N–H and O–H groups in total. The highest BCUT2D eigenvalue weighted by atomic mass is 127. The highest BCUT2D eigenvalue weighted by Gasteiger charge is 2.26. The number of piperidine rings is 1. The molecule has 1 aromatic carbocycles. The van der Waals surface area contributed by atoms with Crippen LogP contribution in [0.3, 0.4) is 0 Å². The van der Waals surface area contributed by atoms with E-state index in [4.69, 9.17) is 14.2 Å². The molecule has 1 atom stereocenters. The first-order valence-electron chi connectivity index (χ1n) is 11.5. The van der Waals surface area contributed by atoms with Gasteiger partial charge in [0.15, 0.2) is 12.6 Å². The average Bonchev–Trinajstić information content (AvgIpc) is 3.33. The molecular formula is C23H35IN4O4. The third kappa shape index (κ3) is 6.48. The fraction of sp³-hybridized carbons (Fsp3) is 0.652. The molecule has 0 spiro atoms. The molecule has 0 bridgehead atoms. The van der Waals surface area contributed by atoms with E-state index in [9.17, 15) is 4.79 Å². The standard InChI is InChI=1S/C23H34N4O4.HI/c1-24-23(26-13-9-18(10-14-26)30-16-19-6-4-15-29-19)25-11-5-12-27-20-7-2-3-8-21(20)31-17-22(27)28;/h2-3,7-8,18-19H,4-6,9-17H2,1H3,(H,24,25);1H. The SMILES string of the molecule is CN=C(NCCCN1C(=O)COc2ccccc21)N1CCC(OCC2CCCO2)CC1.I. The summed E-state index contributed by atoms with van der Waals surface area (Å²) in [4.78, 5) is 20.8. The maximum atomic E-state index is 12.3. The molecule has 1 unspecified atom stereocenters. The summed E-state index contributed by atoms with van der Waals surface area (Å²) >= 11 is 0. The number of hydrogen-bond acceptors (Lipinski definition) is 5. The number of benzene rings is 1. The lowest BCUT2D eigenvalue weighted by atomic mass is 10.1. The number of likely N-dealkylation sites (tertiary alicyclic amines) is 1. The van der Waals surface area contributed by atoms with Gasteiger partial charge in [0.2, 0.25) is 0 Å². The van der Waals surface area contributed by atoms with Gasteiger partial charge in [0.25, 0.3) is 5.91 Å². The summed E-state index contributed by atoms with van der Waals surface area (Å²) in [5, 5.41) is 3.46. The molecule has 0 aromatic heterocycles. The van der Waals surface area contributed by atoms with Crippen LogP contribution in [-0.2, 0) is 14.3 Å². The third-order valence-electron chi connectivity index (χ3n) is 6.14. The zero-order chi connectivity index (χ0) is 21.5. The van der Waals surface area contributed by atoms with E-state index in [2.05, 4.69) is 15.2 Å². The average molecular weight is 558 g/mol. The Labute approximate surface area is 207 Å². The molecule has 0 saturated carbocycles. The van der Waals surface area contributed by atoms with E-state index in [0.29, 0.717) is 12.6 Å². The summed E-state index contributed by atoms with van der Waals surface area (Å²) in [6.07, 6.45) is 5.72. The van der Waals surface area contributed by atoms with Crippen LogP contribution in [0.25, 0.3) is 0 Å². The second-order valence-electron chi connectivity index (χ2n) is 8.28. The number of aliphatic imine (C=N–C) groups is 1. The van der Waals surface area contributed by atoms with Crippen LogP contribution in [0, 0.1) is 0 Å². The van der Waals surface area contributed by atoms with Gasteiger partial charge >= 0.3 is 0 Å². The number of nitrogens with one attached hydrogen (secondary N) is 1. The Kier molecular flexibility index (Phi) is 9.86. The first-order chi connectivity index (χ1) is 15.2. The van der Waals surface area contributed by atoms with Gasteiger partial charge in [-0.1, -0.05) is 12.1 Å². The molecule has 1 amide bonds. The molecule has 0 aliphatic carbocycles. The zero-order valence-corrected chi connectivity index (χ0v) is 21.2. The Morgan fingerprint density at radius 1 is 1.25 bits per heavy atom. The van der Waals surface area contributed by atoms with E-state index in [0.717, 1.165) is 82.3 Å². The number of ether oxygens (including phenoxy) is 3. The van der Waals surface area contributed by atoms with Crippen LogP contribution in [0.2, 0.25) is 0 Å². The molecule has 9 heteroatoms. The molecule has 3 aliphatic heterocycles. The van der Waals surface area contributed by atoms with Crippen molar-refractivity contribution in [1.29, 1.82) is 0 Å². The maximum absolute atomic E-state index is 12.3. The number of anilines is 1. The maximum Gasteiger partial charge on any atom is 0.265 e. The van der Waals surface area contributed by atoms with Crippen LogP contribution < -0.4 is 15.0 Å². The van der Waals surface area contributed by atoms with Crippen molar-refractivity contribution in [2.24, 2.45) is 4.99 Å². The summed E-state index contributed by atoms with van der Waals surface area (Å²) in [6, 6.07) is 7.70. The van der Waals surface area contributed by atoms with Crippen molar-refractivity contribution in [2.75, 3.05) is 57.9 Å². The predicted octanol–water partition coefficient (Wildman–Crippen LogP) is 2.66. The van der Waals surface area contributed by atoms with E-state index >= 15 is 0 Å². The zero-order valence-electron chi connectivity index (χ0n) is 18.8. The topological polar surface area (TPSA) is 75.6 Å². The normalized spacial score (nSPS) is 21.7. The number of carbonyl (C=O) groups excluding carboxylic acids is 1. The summed E-state index contributed by atoms with van der Waals surface area (Å²) in [5.74, 6) is 1.70. The summed E-state index contributed by atoms with van der Waals surface area (Å²) in [6.45, 7) is 4.99. The van der Waals surface area contributed by atoms with E-state index in [1.54, 1.807) is 0 Å². The van der Waals surface area contributed by atoms with Crippen molar-refractivity contribution in [3.8, 4) is 5.75 Å². The Bertz CT molecular complexity index is 764. The Balaban J connectivity index is 0.00000289. The van der Waals surface area contributed by atoms with Gasteiger partial charge in [0.05, 0.1) is 24.5 Å². The van der Waals surface area contributed by atoms with Gasteiger partial charge in [-0.05, 0) is 44.2 Å². The number of hydrogen-bond donors (Lipinski definition) is 1. The Morgan fingerprint density at radius 2 is 2.06 bits per heavy atom. The largest absolute Gasteiger partial charge is 0.482 e. The van der Waals surface area contributed by atoms with Gasteiger partial charge in [-0.25, -0.2) is 0 Å². The fourth-order valence-corrected chi connectivity index (χ4v) is 4.42. The first-order valence-corrected chi connectivity index (χ1v) is 11.5. The van der Waals surface area contributed by atoms with Gasteiger partial charge < -0.3 is 29.3 Å². The monoisotopic (exact) mass is 558 g/mol. The van der Waals surface area contributed by atoms with E-state index in [-0.39, 0.29) is 42.6 Å². The highest BCUT2D eigenvalue weighted by Crippen LogP contribution is 2.31. The van der Waals surface area contributed by atoms with Crippen molar-refractivity contribution >= 4 is 41.5 Å².